The first kappa shape index (κ1) is 14.5. The fourth-order valence-electron chi connectivity index (χ4n) is 2.78. The number of hydrogen-bond acceptors (Lipinski definition) is 5. The van der Waals surface area contributed by atoms with Crippen LogP contribution in [0.2, 0.25) is 0 Å². The zero-order valence-electron chi connectivity index (χ0n) is 12.9. The van der Waals surface area contributed by atoms with Gasteiger partial charge in [0.1, 0.15) is 0 Å². The van der Waals surface area contributed by atoms with Gasteiger partial charge in [0.2, 0.25) is 0 Å². The van der Waals surface area contributed by atoms with Gasteiger partial charge in [-0.25, -0.2) is 0 Å². The largest absolute Gasteiger partial charge is 0.367 e. The van der Waals surface area contributed by atoms with Gasteiger partial charge in [-0.3, -0.25) is 9.48 Å². The van der Waals surface area contributed by atoms with E-state index >= 15 is 0 Å². The average molecular weight is 300 g/mol. The Labute approximate surface area is 129 Å². The maximum Gasteiger partial charge on any atom is 0.257 e. The van der Waals surface area contributed by atoms with E-state index in [1.807, 2.05) is 31.1 Å². The predicted molar refractivity (Wildman–Crippen MR) is 82.7 cm³/mol. The number of anilines is 1. The molecule has 0 aliphatic carbocycles. The summed E-state index contributed by atoms with van der Waals surface area (Å²) in [7, 11) is 1.85. The zero-order chi connectivity index (χ0) is 15.5. The second-order valence-electron chi connectivity index (χ2n) is 5.40. The molecular weight excluding hydrogens is 280 g/mol. The molecule has 0 radical (unpaired) electrons. The molecular formula is C15H20N6O. The lowest BCUT2D eigenvalue weighted by atomic mass is 10.1. The summed E-state index contributed by atoms with van der Waals surface area (Å²) in [6, 6.07) is 1.95. The highest BCUT2D eigenvalue weighted by Gasteiger charge is 2.25. The number of aromatic nitrogens is 4. The van der Waals surface area contributed by atoms with Crippen molar-refractivity contribution < 1.29 is 4.79 Å². The first-order valence-electron chi connectivity index (χ1n) is 7.52. The predicted octanol–water partition coefficient (Wildman–Crippen LogP) is 0.735. The molecule has 0 spiro atoms. The van der Waals surface area contributed by atoms with Crippen LogP contribution >= 0.6 is 0 Å². The van der Waals surface area contributed by atoms with E-state index in [0.717, 1.165) is 36.5 Å². The SMILES string of the molecule is CCc1nn(C)cc1C(=O)N1CCN(c2ccnnc2)CC1. The van der Waals surface area contributed by atoms with Gasteiger partial charge in [-0.15, -0.1) is 0 Å². The van der Waals surface area contributed by atoms with Crippen LogP contribution in [0.5, 0.6) is 0 Å². The molecule has 0 bridgehead atoms. The summed E-state index contributed by atoms with van der Waals surface area (Å²) in [5.41, 5.74) is 2.65. The van der Waals surface area contributed by atoms with Crippen molar-refractivity contribution in [2.45, 2.75) is 13.3 Å². The van der Waals surface area contributed by atoms with Crippen LogP contribution in [0.4, 0.5) is 5.69 Å². The minimum atomic E-state index is 0.0810. The number of aryl methyl sites for hydroxylation is 2. The maximum absolute atomic E-state index is 12.7. The Bertz CT molecular complexity index is 645. The molecule has 0 atom stereocenters. The number of hydrogen-bond donors (Lipinski definition) is 0. The fraction of sp³-hybridized carbons (Fsp3) is 0.467. The summed E-state index contributed by atoms with van der Waals surface area (Å²) >= 11 is 0. The van der Waals surface area contributed by atoms with E-state index in [1.165, 1.54) is 0 Å². The van der Waals surface area contributed by atoms with Crippen LogP contribution in [0.1, 0.15) is 23.0 Å². The van der Waals surface area contributed by atoms with Gasteiger partial charge < -0.3 is 9.80 Å². The van der Waals surface area contributed by atoms with E-state index in [4.69, 9.17) is 0 Å². The molecule has 3 heterocycles. The lowest BCUT2D eigenvalue weighted by Gasteiger charge is -2.35. The van der Waals surface area contributed by atoms with Gasteiger partial charge >= 0.3 is 0 Å². The van der Waals surface area contributed by atoms with Crippen molar-refractivity contribution in [3.05, 3.63) is 35.9 Å². The first-order chi connectivity index (χ1) is 10.7. The molecule has 2 aromatic rings. The van der Waals surface area contributed by atoms with Crippen LogP contribution in [0.3, 0.4) is 0 Å². The number of nitrogens with zero attached hydrogens (tertiary/aromatic N) is 6. The Morgan fingerprint density at radius 2 is 2.00 bits per heavy atom. The summed E-state index contributed by atoms with van der Waals surface area (Å²) in [6.45, 7) is 5.05. The summed E-state index contributed by atoms with van der Waals surface area (Å²) in [4.78, 5) is 16.8. The lowest BCUT2D eigenvalue weighted by Crippen LogP contribution is -2.49. The van der Waals surface area contributed by atoms with Gasteiger partial charge in [0.15, 0.2) is 0 Å². The minimum Gasteiger partial charge on any atom is -0.367 e. The molecule has 1 aliphatic rings. The second-order valence-corrected chi connectivity index (χ2v) is 5.40. The molecule has 0 aromatic carbocycles. The molecule has 3 rings (SSSR count). The third-order valence-corrected chi connectivity index (χ3v) is 3.97. The molecule has 2 aromatic heterocycles. The van der Waals surface area contributed by atoms with E-state index in [-0.39, 0.29) is 5.91 Å². The van der Waals surface area contributed by atoms with E-state index in [1.54, 1.807) is 17.1 Å². The molecule has 22 heavy (non-hydrogen) atoms. The fourth-order valence-corrected chi connectivity index (χ4v) is 2.78. The highest BCUT2D eigenvalue weighted by molar-refractivity contribution is 5.95. The van der Waals surface area contributed by atoms with Gasteiger partial charge in [0.05, 0.1) is 29.3 Å². The Kier molecular flexibility index (Phi) is 4.04. The summed E-state index contributed by atoms with van der Waals surface area (Å²) in [5, 5.41) is 12.0. The summed E-state index contributed by atoms with van der Waals surface area (Å²) in [5.74, 6) is 0.0810. The molecule has 7 nitrogen and oxygen atoms in total. The lowest BCUT2D eigenvalue weighted by molar-refractivity contribution is 0.0745. The molecule has 1 amide bonds. The van der Waals surface area contributed by atoms with Gasteiger partial charge in [0.25, 0.3) is 5.91 Å². The Morgan fingerprint density at radius 3 is 2.64 bits per heavy atom. The maximum atomic E-state index is 12.7. The van der Waals surface area contributed by atoms with Crippen molar-refractivity contribution in [1.82, 2.24) is 24.9 Å². The third-order valence-electron chi connectivity index (χ3n) is 3.97. The molecule has 0 saturated carbocycles. The quantitative estimate of drug-likeness (QED) is 0.836. The Morgan fingerprint density at radius 1 is 1.23 bits per heavy atom. The van der Waals surface area contributed by atoms with Gasteiger partial charge in [-0.05, 0) is 12.5 Å². The van der Waals surface area contributed by atoms with E-state index in [2.05, 4.69) is 20.2 Å². The molecule has 0 unspecified atom stereocenters. The highest BCUT2D eigenvalue weighted by Crippen LogP contribution is 2.17. The van der Waals surface area contributed by atoms with Crippen molar-refractivity contribution in [1.29, 1.82) is 0 Å². The number of piperazine rings is 1. The highest BCUT2D eigenvalue weighted by atomic mass is 16.2. The smallest absolute Gasteiger partial charge is 0.257 e. The van der Waals surface area contributed by atoms with E-state index in [0.29, 0.717) is 13.1 Å². The van der Waals surface area contributed by atoms with E-state index < -0.39 is 0 Å². The number of rotatable bonds is 3. The molecule has 7 heteroatoms. The topological polar surface area (TPSA) is 67.2 Å². The van der Waals surface area contributed by atoms with Crippen molar-refractivity contribution >= 4 is 11.6 Å². The second kappa shape index (κ2) is 6.13. The Hall–Kier alpha value is -2.44. The monoisotopic (exact) mass is 300 g/mol. The van der Waals surface area contributed by atoms with Crippen molar-refractivity contribution in [2.75, 3.05) is 31.1 Å². The van der Waals surface area contributed by atoms with Crippen LogP contribution < -0.4 is 4.90 Å². The van der Waals surface area contributed by atoms with Gasteiger partial charge in [-0.2, -0.15) is 15.3 Å². The Balaban J connectivity index is 1.67. The summed E-state index contributed by atoms with van der Waals surface area (Å²) in [6.07, 6.45) is 6.04. The normalized spacial score (nSPS) is 15.2. The standard InChI is InChI=1S/C15H20N6O/c1-3-14-13(11-19(2)18-14)15(22)21-8-6-20(7-9-21)12-4-5-16-17-10-12/h4-5,10-11H,3,6-9H2,1-2H3. The van der Waals surface area contributed by atoms with Crippen molar-refractivity contribution in [3.8, 4) is 0 Å². The first-order valence-corrected chi connectivity index (χ1v) is 7.52. The molecule has 1 saturated heterocycles. The average Bonchev–Trinajstić information content (AvgIpc) is 2.96. The van der Waals surface area contributed by atoms with Crippen LogP contribution in [0.25, 0.3) is 0 Å². The van der Waals surface area contributed by atoms with Gasteiger partial charge in [0, 0.05) is 39.4 Å². The molecule has 1 aliphatic heterocycles. The molecule has 0 N–H and O–H groups in total. The zero-order valence-corrected chi connectivity index (χ0v) is 12.9. The summed E-state index contributed by atoms with van der Waals surface area (Å²) < 4.78 is 1.71. The number of amides is 1. The van der Waals surface area contributed by atoms with Crippen LogP contribution in [-0.2, 0) is 13.5 Å². The molecule has 1 fully saturated rings. The van der Waals surface area contributed by atoms with Crippen molar-refractivity contribution in [3.63, 3.8) is 0 Å². The number of carbonyl (C=O) groups is 1. The number of carbonyl (C=O) groups excluding carboxylic acids is 1. The van der Waals surface area contributed by atoms with Gasteiger partial charge in [-0.1, -0.05) is 6.92 Å². The van der Waals surface area contributed by atoms with Crippen LogP contribution in [0.15, 0.2) is 24.7 Å². The minimum absolute atomic E-state index is 0.0810. The van der Waals surface area contributed by atoms with E-state index in [9.17, 15) is 4.79 Å². The van der Waals surface area contributed by atoms with Crippen molar-refractivity contribution in [2.24, 2.45) is 7.05 Å². The molecule has 116 valence electrons. The third kappa shape index (κ3) is 2.79. The van der Waals surface area contributed by atoms with Crippen LogP contribution in [-0.4, -0.2) is 57.0 Å². The van der Waals surface area contributed by atoms with Crippen LogP contribution in [0, 0.1) is 0 Å².